The zero-order valence-electron chi connectivity index (χ0n) is 9.30. The van der Waals surface area contributed by atoms with Gasteiger partial charge in [0.2, 0.25) is 0 Å². The third kappa shape index (κ3) is 2.98. The smallest absolute Gasteiger partial charge is 0.124 e. The Hall–Kier alpha value is -1.53. The van der Waals surface area contributed by atoms with Crippen molar-refractivity contribution in [3.8, 4) is 0 Å². The molecule has 2 aromatic heterocycles. The van der Waals surface area contributed by atoms with E-state index in [0.29, 0.717) is 17.2 Å². The van der Waals surface area contributed by atoms with Crippen molar-refractivity contribution in [3.63, 3.8) is 0 Å². The lowest BCUT2D eigenvalue weighted by molar-refractivity contribution is 1.15. The second kappa shape index (κ2) is 5.20. The van der Waals surface area contributed by atoms with Gasteiger partial charge in [-0.25, -0.2) is 4.98 Å². The number of hydrogen-bond acceptors (Lipinski definition) is 5. The van der Waals surface area contributed by atoms with E-state index in [0.717, 1.165) is 10.7 Å². The SMILES string of the molecule is Cc1ncc(CNc2cccnc2C(N)=S)s1. The Labute approximate surface area is 109 Å². The first-order valence-electron chi connectivity index (χ1n) is 5.07. The van der Waals surface area contributed by atoms with Crippen LogP contribution < -0.4 is 11.1 Å². The summed E-state index contributed by atoms with van der Waals surface area (Å²) in [4.78, 5) is 9.82. The molecule has 0 amide bonds. The molecule has 4 nitrogen and oxygen atoms in total. The maximum Gasteiger partial charge on any atom is 0.124 e. The molecule has 2 heterocycles. The van der Waals surface area contributed by atoms with Crippen LogP contribution in [0.25, 0.3) is 0 Å². The lowest BCUT2D eigenvalue weighted by atomic mass is 10.3. The molecule has 0 aromatic carbocycles. The summed E-state index contributed by atoms with van der Waals surface area (Å²) in [5, 5.41) is 4.32. The average Bonchev–Trinajstić information content (AvgIpc) is 2.73. The lowest BCUT2D eigenvalue weighted by Crippen LogP contribution is -2.14. The number of anilines is 1. The van der Waals surface area contributed by atoms with Crippen molar-refractivity contribution in [2.24, 2.45) is 5.73 Å². The summed E-state index contributed by atoms with van der Waals surface area (Å²) in [7, 11) is 0. The molecular formula is C11H12N4S2. The number of thiazole rings is 1. The summed E-state index contributed by atoms with van der Waals surface area (Å²) in [6.07, 6.45) is 3.54. The van der Waals surface area contributed by atoms with Crippen LogP contribution >= 0.6 is 23.6 Å². The second-order valence-corrected chi connectivity index (χ2v) is 5.22. The van der Waals surface area contributed by atoms with E-state index in [2.05, 4.69) is 15.3 Å². The van der Waals surface area contributed by atoms with Crippen molar-refractivity contribution in [2.45, 2.75) is 13.5 Å². The van der Waals surface area contributed by atoms with Gasteiger partial charge >= 0.3 is 0 Å². The Morgan fingerprint density at radius 2 is 2.35 bits per heavy atom. The third-order valence-electron chi connectivity index (χ3n) is 2.16. The van der Waals surface area contributed by atoms with Gasteiger partial charge in [0, 0.05) is 17.3 Å². The Morgan fingerprint density at radius 3 is 3.00 bits per heavy atom. The predicted molar refractivity (Wildman–Crippen MR) is 74.3 cm³/mol. The molecule has 0 aliphatic rings. The Bertz CT molecular complexity index is 536. The minimum absolute atomic E-state index is 0.300. The largest absolute Gasteiger partial charge is 0.388 e. The number of aryl methyl sites for hydroxylation is 1. The van der Waals surface area contributed by atoms with E-state index in [-0.39, 0.29) is 0 Å². The standard InChI is InChI=1S/C11H12N4S2/c1-7-14-5-8(17-7)6-15-9-3-2-4-13-10(9)11(12)16/h2-5,15H,6H2,1H3,(H2,12,16). The van der Waals surface area contributed by atoms with Gasteiger partial charge in [0.25, 0.3) is 0 Å². The van der Waals surface area contributed by atoms with E-state index >= 15 is 0 Å². The maximum atomic E-state index is 5.61. The molecule has 88 valence electrons. The number of thiocarbonyl (C=S) groups is 1. The number of hydrogen-bond donors (Lipinski definition) is 2. The molecule has 0 radical (unpaired) electrons. The molecule has 0 aliphatic carbocycles. The van der Waals surface area contributed by atoms with E-state index in [1.54, 1.807) is 17.5 Å². The van der Waals surface area contributed by atoms with Crippen LogP contribution in [0.5, 0.6) is 0 Å². The molecule has 0 fully saturated rings. The highest BCUT2D eigenvalue weighted by Crippen LogP contribution is 2.16. The molecule has 0 aliphatic heterocycles. The van der Waals surface area contributed by atoms with Gasteiger partial charge in [-0.3, -0.25) is 4.98 Å². The number of nitrogens with two attached hydrogens (primary N) is 1. The van der Waals surface area contributed by atoms with Crippen LogP contribution in [0.4, 0.5) is 5.69 Å². The second-order valence-electron chi connectivity index (χ2n) is 3.46. The van der Waals surface area contributed by atoms with E-state index in [1.165, 1.54) is 4.88 Å². The Kier molecular flexibility index (Phi) is 3.65. The van der Waals surface area contributed by atoms with Crippen LogP contribution in [0.2, 0.25) is 0 Å². The van der Waals surface area contributed by atoms with Crippen LogP contribution in [-0.4, -0.2) is 15.0 Å². The van der Waals surface area contributed by atoms with Gasteiger partial charge < -0.3 is 11.1 Å². The average molecular weight is 264 g/mol. The van der Waals surface area contributed by atoms with Gasteiger partial charge in [0.05, 0.1) is 17.2 Å². The molecule has 2 rings (SSSR count). The molecule has 2 aromatic rings. The van der Waals surface area contributed by atoms with Crippen molar-refractivity contribution in [1.29, 1.82) is 0 Å². The number of nitrogens with one attached hydrogen (secondary N) is 1. The number of pyridine rings is 1. The van der Waals surface area contributed by atoms with E-state index in [4.69, 9.17) is 18.0 Å². The molecule has 0 saturated heterocycles. The highest BCUT2D eigenvalue weighted by Gasteiger charge is 2.06. The van der Waals surface area contributed by atoms with Crippen LogP contribution in [0, 0.1) is 6.92 Å². The van der Waals surface area contributed by atoms with Crippen LogP contribution in [-0.2, 0) is 6.54 Å². The fourth-order valence-electron chi connectivity index (χ4n) is 1.41. The summed E-state index contributed by atoms with van der Waals surface area (Å²) in [6, 6.07) is 3.76. The maximum absolute atomic E-state index is 5.61. The quantitative estimate of drug-likeness (QED) is 0.828. The summed E-state index contributed by atoms with van der Waals surface area (Å²) in [6.45, 7) is 2.69. The fraction of sp³-hybridized carbons (Fsp3) is 0.182. The molecule has 0 bridgehead atoms. The first-order chi connectivity index (χ1) is 8.16. The topological polar surface area (TPSA) is 63.8 Å². The van der Waals surface area contributed by atoms with Crippen LogP contribution in [0.3, 0.4) is 0 Å². The Morgan fingerprint density at radius 1 is 1.53 bits per heavy atom. The highest BCUT2D eigenvalue weighted by molar-refractivity contribution is 7.80. The summed E-state index contributed by atoms with van der Waals surface area (Å²) >= 11 is 6.61. The molecule has 0 spiro atoms. The minimum atomic E-state index is 0.300. The number of nitrogens with zero attached hydrogens (tertiary/aromatic N) is 2. The normalized spacial score (nSPS) is 10.2. The number of aromatic nitrogens is 2. The molecule has 17 heavy (non-hydrogen) atoms. The van der Waals surface area contributed by atoms with E-state index in [1.807, 2.05) is 25.3 Å². The molecule has 0 atom stereocenters. The predicted octanol–water partition coefficient (Wildman–Crippen LogP) is 2.09. The van der Waals surface area contributed by atoms with Crippen molar-refractivity contribution in [1.82, 2.24) is 9.97 Å². The highest BCUT2D eigenvalue weighted by atomic mass is 32.1. The molecular weight excluding hydrogens is 252 g/mol. The van der Waals surface area contributed by atoms with Crippen LogP contribution in [0.15, 0.2) is 24.5 Å². The summed E-state index contributed by atoms with van der Waals surface area (Å²) in [5.41, 5.74) is 7.09. The molecule has 0 unspecified atom stereocenters. The van der Waals surface area contributed by atoms with Gasteiger partial charge in [0.1, 0.15) is 10.7 Å². The minimum Gasteiger partial charge on any atom is -0.388 e. The van der Waals surface area contributed by atoms with E-state index in [9.17, 15) is 0 Å². The van der Waals surface area contributed by atoms with Gasteiger partial charge in [-0.15, -0.1) is 11.3 Å². The first-order valence-corrected chi connectivity index (χ1v) is 6.29. The van der Waals surface area contributed by atoms with Crippen molar-refractivity contribution in [2.75, 3.05) is 5.32 Å². The van der Waals surface area contributed by atoms with Crippen LogP contribution in [0.1, 0.15) is 15.6 Å². The summed E-state index contributed by atoms with van der Waals surface area (Å²) < 4.78 is 0. The van der Waals surface area contributed by atoms with Gasteiger partial charge in [-0.2, -0.15) is 0 Å². The fourth-order valence-corrected chi connectivity index (χ4v) is 2.31. The van der Waals surface area contributed by atoms with Gasteiger partial charge in [-0.05, 0) is 19.1 Å². The molecule has 3 N–H and O–H groups in total. The van der Waals surface area contributed by atoms with Gasteiger partial charge in [-0.1, -0.05) is 12.2 Å². The zero-order chi connectivity index (χ0) is 12.3. The first kappa shape index (κ1) is 11.9. The summed E-state index contributed by atoms with van der Waals surface area (Å²) in [5.74, 6) is 0. The zero-order valence-corrected chi connectivity index (χ0v) is 10.9. The lowest BCUT2D eigenvalue weighted by Gasteiger charge is -2.08. The number of rotatable bonds is 4. The van der Waals surface area contributed by atoms with E-state index < -0.39 is 0 Å². The molecule has 0 saturated carbocycles. The monoisotopic (exact) mass is 264 g/mol. The van der Waals surface area contributed by atoms with Crippen molar-refractivity contribution >= 4 is 34.2 Å². The van der Waals surface area contributed by atoms with Crippen molar-refractivity contribution < 1.29 is 0 Å². The Balaban J connectivity index is 2.11. The van der Waals surface area contributed by atoms with Gasteiger partial charge in [0.15, 0.2) is 0 Å². The third-order valence-corrected chi connectivity index (χ3v) is 3.27. The molecule has 6 heteroatoms. The van der Waals surface area contributed by atoms with Crippen molar-refractivity contribution in [3.05, 3.63) is 40.1 Å².